The summed E-state index contributed by atoms with van der Waals surface area (Å²) in [5.41, 5.74) is 10.1. The molecule has 160 valence electrons. The molecule has 31 heavy (non-hydrogen) atoms. The standard InChI is InChI=1S/C24H26N4O3/c1-14-21(25)22(28-24(30)27-14)23(29)26-13-15-10-16-6-3-4-9-19(16)20(11-15)17-7-5-8-18(12-17)31-2/h3-9,12,15,20H,1,10-11,13,25H2,2H3,(H,26,29)(H2,27,28,30)/t15-,20+/m1/s1. The molecule has 7 nitrogen and oxygen atoms in total. The molecule has 0 unspecified atom stereocenters. The summed E-state index contributed by atoms with van der Waals surface area (Å²) in [7, 11) is 1.67. The van der Waals surface area contributed by atoms with E-state index in [-0.39, 0.29) is 28.9 Å². The number of fused-ring (bicyclic) bond motifs is 1. The van der Waals surface area contributed by atoms with Gasteiger partial charge in [0.1, 0.15) is 11.4 Å². The van der Waals surface area contributed by atoms with Crippen molar-refractivity contribution in [2.24, 2.45) is 11.7 Å². The number of nitrogens with two attached hydrogens (primary N) is 1. The van der Waals surface area contributed by atoms with Crippen LogP contribution in [0.25, 0.3) is 0 Å². The van der Waals surface area contributed by atoms with Gasteiger partial charge in [0.25, 0.3) is 5.91 Å². The van der Waals surface area contributed by atoms with Gasteiger partial charge in [-0.1, -0.05) is 43.0 Å². The highest BCUT2D eigenvalue weighted by atomic mass is 16.5. The highest BCUT2D eigenvalue weighted by molar-refractivity contribution is 6.00. The van der Waals surface area contributed by atoms with Crippen LogP contribution in [0.5, 0.6) is 5.75 Å². The van der Waals surface area contributed by atoms with Gasteiger partial charge in [0.2, 0.25) is 0 Å². The lowest BCUT2D eigenvalue weighted by Crippen LogP contribution is -2.47. The minimum absolute atomic E-state index is 0.0364. The van der Waals surface area contributed by atoms with Gasteiger partial charge in [0, 0.05) is 12.5 Å². The zero-order chi connectivity index (χ0) is 22.0. The van der Waals surface area contributed by atoms with E-state index in [1.165, 1.54) is 16.7 Å². The first kappa shape index (κ1) is 20.5. The zero-order valence-electron chi connectivity index (χ0n) is 17.4. The summed E-state index contributed by atoms with van der Waals surface area (Å²) in [4.78, 5) is 24.3. The van der Waals surface area contributed by atoms with Gasteiger partial charge in [-0.25, -0.2) is 4.79 Å². The molecule has 0 spiro atoms. The number of ether oxygens (including phenoxy) is 1. The summed E-state index contributed by atoms with van der Waals surface area (Å²) < 4.78 is 5.41. The first-order valence-corrected chi connectivity index (χ1v) is 10.2. The van der Waals surface area contributed by atoms with Crippen molar-refractivity contribution in [3.8, 4) is 5.75 Å². The van der Waals surface area contributed by atoms with Crippen LogP contribution in [-0.2, 0) is 11.2 Å². The van der Waals surface area contributed by atoms with Crippen molar-refractivity contribution < 1.29 is 14.3 Å². The van der Waals surface area contributed by atoms with Crippen LogP contribution in [0.15, 0.2) is 72.2 Å². The lowest BCUT2D eigenvalue weighted by atomic mass is 9.74. The van der Waals surface area contributed by atoms with Crippen molar-refractivity contribution in [1.29, 1.82) is 0 Å². The largest absolute Gasteiger partial charge is 0.497 e. The second-order valence-electron chi connectivity index (χ2n) is 7.89. The number of hydrogen-bond donors (Lipinski definition) is 4. The summed E-state index contributed by atoms with van der Waals surface area (Å²) in [6.45, 7) is 4.14. The Morgan fingerprint density at radius 1 is 1.23 bits per heavy atom. The normalized spacial score (nSPS) is 20.4. The number of carbonyl (C=O) groups is 2. The topological polar surface area (TPSA) is 105 Å². The van der Waals surface area contributed by atoms with E-state index in [1.54, 1.807) is 7.11 Å². The molecule has 0 saturated carbocycles. The third-order valence-electron chi connectivity index (χ3n) is 5.88. The van der Waals surface area contributed by atoms with Gasteiger partial charge in [-0.15, -0.1) is 0 Å². The van der Waals surface area contributed by atoms with Crippen LogP contribution >= 0.6 is 0 Å². The average Bonchev–Trinajstić information content (AvgIpc) is 2.79. The molecule has 2 aromatic rings. The van der Waals surface area contributed by atoms with Crippen LogP contribution < -0.4 is 26.4 Å². The van der Waals surface area contributed by atoms with Crippen molar-refractivity contribution in [3.05, 3.63) is 88.9 Å². The number of methoxy groups -OCH3 is 1. The molecule has 3 amide bonds. The molecular weight excluding hydrogens is 392 g/mol. The van der Waals surface area contributed by atoms with E-state index in [2.05, 4.69) is 52.9 Å². The Balaban J connectivity index is 1.52. The molecular formula is C24H26N4O3. The Labute approximate surface area is 181 Å². The first-order valence-electron chi connectivity index (χ1n) is 10.2. The number of amides is 3. The smallest absolute Gasteiger partial charge is 0.323 e. The molecule has 0 aromatic heterocycles. The number of benzene rings is 2. The first-order chi connectivity index (χ1) is 15.0. The number of urea groups is 1. The van der Waals surface area contributed by atoms with Crippen molar-refractivity contribution in [3.63, 3.8) is 0 Å². The molecule has 5 N–H and O–H groups in total. The zero-order valence-corrected chi connectivity index (χ0v) is 17.4. The van der Waals surface area contributed by atoms with Gasteiger partial charge >= 0.3 is 6.03 Å². The average molecular weight is 418 g/mol. The van der Waals surface area contributed by atoms with E-state index < -0.39 is 11.9 Å². The van der Waals surface area contributed by atoms with Crippen LogP contribution in [0, 0.1) is 5.92 Å². The Hall–Kier alpha value is -3.74. The minimum atomic E-state index is -0.519. The van der Waals surface area contributed by atoms with Crippen molar-refractivity contribution in [1.82, 2.24) is 16.0 Å². The van der Waals surface area contributed by atoms with E-state index in [0.29, 0.717) is 6.54 Å². The highest BCUT2D eigenvalue weighted by Crippen LogP contribution is 2.39. The Morgan fingerprint density at radius 3 is 2.84 bits per heavy atom. The molecule has 0 bridgehead atoms. The van der Waals surface area contributed by atoms with Crippen LogP contribution in [0.3, 0.4) is 0 Å². The Kier molecular flexibility index (Phi) is 5.66. The molecule has 0 radical (unpaired) electrons. The third-order valence-corrected chi connectivity index (χ3v) is 5.88. The van der Waals surface area contributed by atoms with Crippen LogP contribution in [0.1, 0.15) is 29.0 Å². The number of hydrogen-bond acceptors (Lipinski definition) is 4. The van der Waals surface area contributed by atoms with Crippen molar-refractivity contribution in [2.45, 2.75) is 18.8 Å². The molecule has 2 aliphatic rings. The fourth-order valence-electron chi connectivity index (χ4n) is 4.32. The summed E-state index contributed by atoms with van der Waals surface area (Å²) >= 11 is 0. The molecule has 4 rings (SSSR count). The minimum Gasteiger partial charge on any atom is -0.497 e. The van der Waals surface area contributed by atoms with E-state index in [4.69, 9.17) is 10.5 Å². The molecule has 0 fully saturated rings. The lowest BCUT2D eigenvalue weighted by Gasteiger charge is -2.32. The maximum absolute atomic E-state index is 12.7. The van der Waals surface area contributed by atoms with E-state index in [0.717, 1.165) is 18.6 Å². The molecule has 7 heteroatoms. The van der Waals surface area contributed by atoms with Gasteiger partial charge < -0.3 is 26.4 Å². The molecule has 2 aromatic carbocycles. The molecule has 0 saturated heterocycles. The van der Waals surface area contributed by atoms with E-state index in [9.17, 15) is 9.59 Å². The van der Waals surface area contributed by atoms with E-state index in [1.807, 2.05) is 18.2 Å². The fraction of sp³-hybridized carbons (Fsp3) is 0.250. The second-order valence-corrected chi connectivity index (χ2v) is 7.89. The predicted molar refractivity (Wildman–Crippen MR) is 118 cm³/mol. The Morgan fingerprint density at radius 2 is 2.03 bits per heavy atom. The summed E-state index contributed by atoms with van der Waals surface area (Å²) in [5.74, 6) is 0.863. The van der Waals surface area contributed by atoms with Crippen molar-refractivity contribution in [2.75, 3.05) is 13.7 Å². The number of carbonyl (C=O) groups excluding carboxylic acids is 2. The summed E-state index contributed by atoms with van der Waals surface area (Å²) in [5, 5.41) is 7.84. The van der Waals surface area contributed by atoms with E-state index >= 15 is 0 Å². The second kappa shape index (κ2) is 8.55. The molecule has 1 aliphatic carbocycles. The molecule has 2 atom stereocenters. The highest BCUT2D eigenvalue weighted by Gasteiger charge is 2.29. The fourth-order valence-corrected chi connectivity index (χ4v) is 4.32. The SMILES string of the molecule is C=C1NC(=O)NC(C(=O)NC[C@@H]2Cc3ccccc3[C@H](c3cccc(OC)c3)C2)=C1N. The lowest BCUT2D eigenvalue weighted by molar-refractivity contribution is -0.118. The van der Waals surface area contributed by atoms with Gasteiger partial charge in [-0.05, 0) is 47.6 Å². The summed E-state index contributed by atoms with van der Waals surface area (Å²) in [6.07, 6.45) is 1.76. The predicted octanol–water partition coefficient (Wildman–Crippen LogP) is 2.50. The molecule has 1 heterocycles. The van der Waals surface area contributed by atoms with Crippen LogP contribution in [-0.4, -0.2) is 25.6 Å². The van der Waals surface area contributed by atoms with Gasteiger partial charge in [-0.3, -0.25) is 4.79 Å². The molecule has 1 aliphatic heterocycles. The van der Waals surface area contributed by atoms with Gasteiger partial charge in [-0.2, -0.15) is 0 Å². The maximum atomic E-state index is 12.7. The van der Waals surface area contributed by atoms with Gasteiger partial charge in [0.05, 0.1) is 18.5 Å². The Bertz CT molecular complexity index is 1080. The van der Waals surface area contributed by atoms with Crippen LogP contribution in [0.4, 0.5) is 4.79 Å². The monoisotopic (exact) mass is 418 g/mol. The third kappa shape index (κ3) is 4.26. The summed E-state index contributed by atoms with van der Waals surface area (Å²) in [6, 6.07) is 16.1. The maximum Gasteiger partial charge on any atom is 0.323 e. The van der Waals surface area contributed by atoms with Crippen molar-refractivity contribution >= 4 is 11.9 Å². The van der Waals surface area contributed by atoms with Crippen LogP contribution in [0.2, 0.25) is 0 Å². The van der Waals surface area contributed by atoms with Gasteiger partial charge in [0.15, 0.2) is 0 Å². The number of nitrogens with one attached hydrogen (secondary N) is 3. The quantitative estimate of drug-likeness (QED) is 0.599. The number of rotatable bonds is 5.